The van der Waals surface area contributed by atoms with Crippen LogP contribution in [0.1, 0.15) is 121 Å². The summed E-state index contributed by atoms with van der Waals surface area (Å²) in [5.74, 6) is -4.58. The molecule has 11 unspecified atom stereocenters. The Balaban J connectivity index is 1.13. The van der Waals surface area contributed by atoms with E-state index in [-0.39, 0.29) is 65.1 Å². The first-order valence-corrected chi connectivity index (χ1v) is 20.0. The van der Waals surface area contributed by atoms with Gasteiger partial charge in [-0.05, 0) is 65.4 Å². The van der Waals surface area contributed by atoms with Crippen molar-refractivity contribution in [1.82, 2.24) is 4.90 Å². The summed E-state index contributed by atoms with van der Waals surface area (Å²) in [6.07, 6.45) is -6.52. The average Bonchev–Trinajstić information content (AvgIpc) is 3.17. The Bertz CT molecular complexity index is 1890. The lowest BCUT2D eigenvalue weighted by molar-refractivity contribution is -0.328. The molecule has 16 nitrogen and oxygen atoms in total. The Hall–Kier alpha value is -3.55. The van der Waals surface area contributed by atoms with Crippen LogP contribution in [-0.4, -0.2) is 142 Å². The third-order valence-electron chi connectivity index (χ3n) is 12.6. The van der Waals surface area contributed by atoms with Crippen LogP contribution in [0.25, 0.3) is 0 Å². The van der Waals surface area contributed by atoms with Gasteiger partial charge < -0.3 is 63.6 Å². The molecule has 2 aromatic rings. The summed E-state index contributed by atoms with van der Waals surface area (Å²) < 4.78 is 42.8. The highest BCUT2D eigenvalue weighted by Crippen LogP contribution is 2.54. The van der Waals surface area contributed by atoms with E-state index >= 15 is 0 Å². The molecule has 0 saturated carbocycles. The van der Waals surface area contributed by atoms with Gasteiger partial charge in [-0.1, -0.05) is 19.1 Å². The minimum atomic E-state index is -1.75. The van der Waals surface area contributed by atoms with Crippen molar-refractivity contribution in [2.24, 2.45) is 0 Å². The van der Waals surface area contributed by atoms with Crippen molar-refractivity contribution in [1.29, 1.82) is 0 Å². The molecule has 0 spiro atoms. The molecular weight excluding hydrogens is 758 g/mol. The van der Waals surface area contributed by atoms with Gasteiger partial charge in [0.05, 0.1) is 60.5 Å². The highest BCUT2D eigenvalue weighted by molar-refractivity contribution is 6.30. The maximum atomic E-state index is 13.9. The number of likely N-dealkylation sites (N-methyl/N-ethyl adjacent to an activating group) is 1. The molecule has 16 heteroatoms. The van der Waals surface area contributed by atoms with Gasteiger partial charge in [-0.3, -0.25) is 14.4 Å². The van der Waals surface area contributed by atoms with Gasteiger partial charge in [0.15, 0.2) is 24.7 Å². The fraction of sp³-hybridized carbons (Fsp3) is 0.643. The number of esters is 1. The molecule has 0 bridgehead atoms. The van der Waals surface area contributed by atoms with E-state index < -0.39 is 108 Å². The highest BCUT2D eigenvalue weighted by atomic mass is 16.7. The molecule has 5 N–H and O–H groups in total. The van der Waals surface area contributed by atoms with E-state index in [4.69, 9.17) is 33.2 Å². The molecule has 0 radical (unpaired) electrons. The van der Waals surface area contributed by atoms with Crippen molar-refractivity contribution >= 4 is 17.5 Å². The third kappa shape index (κ3) is 7.57. The molecule has 58 heavy (non-hydrogen) atoms. The third-order valence-corrected chi connectivity index (χ3v) is 12.6. The van der Waals surface area contributed by atoms with Gasteiger partial charge >= 0.3 is 5.97 Å². The van der Waals surface area contributed by atoms with Crippen LogP contribution in [0.15, 0.2) is 24.3 Å². The van der Waals surface area contributed by atoms with E-state index in [1.807, 2.05) is 25.9 Å². The first-order chi connectivity index (χ1) is 27.5. The number of carbonyl (C=O) groups is 3. The summed E-state index contributed by atoms with van der Waals surface area (Å²) in [5.41, 5.74) is -2.47. The van der Waals surface area contributed by atoms with Gasteiger partial charge in [0.1, 0.15) is 29.6 Å². The van der Waals surface area contributed by atoms with Crippen LogP contribution in [-0.2, 0) is 38.0 Å². The molecular formula is C42H55NO15. The van der Waals surface area contributed by atoms with E-state index in [2.05, 4.69) is 0 Å². The summed E-state index contributed by atoms with van der Waals surface area (Å²) >= 11 is 0. The van der Waals surface area contributed by atoms with Crippen molar-refractivity contribution in [2.45, 2.75) is 151 Å². The molecule has 3 aliphatic heterocycles. The molecule has 3 heterocycles. The number of carbonyl (C=O) groups excluding carboxylic acids is 3. The smallest absolute Gasteiger partial charge is 0.316 e. The van der Waals surface area contributed by atoms with Gasteiger partial charge in [-0.2, -0.15) is 0 Å². The highest BCUT2D eigenvalue weighted by Gasteiger charge is 2.53. The number of ketones is 2. The minimum absolute atomic E-state index is 0.0305. The van der Waals surface area contributed by atoms with Crippen LogP contribution in [0, 0.1) is 0 Å². The summed E-state index contributed by atoms with van der Waals surface area (Å²) in [7, 11) is 4.93. The van der Waals surface area contributed by atoms with Crippen LogP contribution < -0.4 is 0 Å². The fourth-order valence-electron chi connectivity index (χ4n) is 9.38. The molecule has 0 amide bonds. The Morgan fingerprint density at radius 2 is 1.50 bits per heavy atom. The summed E-state index contributed by atoms with van der Waals surface area (Å²) in [6.45, 7) is 7.08. The Kier molecular flexibility index (Phi) is 12.1. The van der Waals surface area contributed by atoms with Gasteiger partial charge in [0, 0.05) is 48.4 Å². The second-order valence-electron chi connectivity index (χ2n) is 16.5. The Morgan fingerprint density at radius 3 is 2.14 bits per heavy atom. The number of rotatable bonds is 9. The van der Waals surface area contributed by atoms with E-state index in [0.717, 1.165) is 0 Å². The lowest BCUT2D eigenvalue weighted by Gasteiger charge is -2.48. The number of methoxy groups -OCH3 is 1. The quantitative estimate of drug-likeness (QED) is 0.196. The number of aliphatic hydroxyl groups excluding tert-OH is 2. The van der Waals surface area contributed by atoms with Crippen LogP contribution in [0.2, 0.25) is 0 Å². The van der Waals surface area contributed by atoms with Crippen molar-refractivity contribution in [3.63, 3.8) is 0 Å². The van der Waals surface area contributed by atoms with E-state index in [1.54, 1.807) is 20.8 Å². The zero-order valence-corrected chi connectivity index (χ0v) is 33.8. The summed E-state index contributed by atoms with van der Waals surface area (Å²) in [5, 5.41) is 55.9. The van der Waals surface area contributed by atoms with Crippen molar-refractivity contribution in [2.75, 3.05) is 21.2 Å². The van der Waals surface area contributed by atoms with E-state index in [0.29, 0.717) is 12.8 Å². The molecule has 2 aromatic carbocycles. The van der Waals surface area contributed by atoms with Crippen LogP contribution in [0.4, 0.5) is 0 Å². The van der Waals surface area contributed by atoms with Crippen molar-refractivity contribution in [3.8, 4) is 11.5 Å². The number of phenolic OH excluding ortho intramolecular Hbond substituents is 2. The standard InChI is InChI=1S/C42H55NO15/c1-8-42(51)17-28(33-22(35(42)41(50)52-7)14-23-34(38(33)49)37(48)32-21(36(23)47)10-9-11-26(32)45)56-30-15-24(43(5)6)39(19(3)54-30)58-31-16-27(46)40(20(4)55-31)57-29-13-12-25(44)18(2)53-29/h9-11,14,18-20,24-25,27-31,35,39-40,44-46,49,51H,8,12-13,15-17H2,1-7H3/t18?,19?,20?,24?,25?,27?,28-,29?,30?,31?,35-,39?,40?,42+/m0/s1. The fourth-order valence-corrected chi connectivity index (χ4v) is 9.38. The number of hydrogen-bond donors (Lipinski definition) is 5. The van der Waals surface area contributed by atoms with Gasteiger partial charge in [0.2, 0.25) is 5.78 Å². The van der Waals surface area contributed by atoms with Crippen LogP contribution in [0.3, 0.4) is 0 Å². The zero-order chi connectivity index (χ0) is 42.0. The van der Waals surface area contributed by atoms with Gasteiger partial charge in [-0.25, -0.2) is 0 Å². The molecule has 3 fully saturated rings. The van der Waals surface area contributed by atoms with Crippen molar-refractivity contribution < 1.29 is 73.1 Å². The summed E-state index contributed by atoms with van der Waals surface area (Å²) in [4.78, 5) is 43.1. The molecule has 318 valence electrons. The molecule has 2 aliphatic carbocycles. The van der Waals surface area contributed by atoms with Crippen LogP contribution >= 0.6 is 0 Å². The number of nitrogens with zero attached hydrogens (tertiary/aromatic N) is 1. The number of hydrogen-bond acceptors (Lipinski definition) is 16. The number of fused-ring (bicyclic) bond motifs is 3. The second-order valence-corrected chi connectivity index (χ2v) is 16.5. The van der Waals surface area contributed by atoms with Gasteiger partial charge in [0.25, 0.3) is 0 Å². The number of ether oxygens (including phenoxy) is 7. The zero-order valence-electron chi connectivity index (χ0n) is 33.8. The lowest BCUT2D eigenvalue weighted by atomic mass is 9.67. The molecule has 14 atom stereocenters. The maximum absolute atomic E-state index is 13.9. The van der Waals surface area contributed by atoms with Gasteiger partial charge in [-0.15, -0.1) is 0 Å². The van der Waals surface area contributed by atoms with E-state index in [1.165, 1.54) is 31.4 Å². The largest absolute Gasteiger partial charge is 0.507 e. The normalized spacial score (nSPS) is 37.5. The first-order valence-electron chi connectivity index (χ1n) is 20.0. The molecule has 3 saturated heterocycles. The Labute approximate surface area is 336 Å². The number of aromatic hydroxyl groups is 2. The number of benzene rings is 2. The SMILES string of the molecule is CC[C@@]1(O)C[C@H](OC2CC(N(C)C)C(OC3CC(O)C(OC4CCC(O)C(C)O4)C(C)O3)C(C)O2)c2c(cc3c(c2O)C(=O)c2c(O)cccc2C3=O)[C@H]1C(=O)OC. The summed E-state index contributed by atoms with van der Waals surface area (Å²) in [6, 6.07) is 5.12. The van der Waals surface area contributed by atoms with Crippen LogP contribution in [0.5, 0.6) is 11.5 Å². The number of aliphatic hydroxyl groups is 3. The maximum Gasteiger partial charge on any atom is 0.316 e. The Morgan fingerprint density at radius 1 is 0.845 bits per heavy atom. The molecule has 5 aliphatic rings. The van der Waals surface area contributed by atoms with E-state index in [9.17, 15) is 39.9 Å². The molecule has 0 aromatic heterocycles. The minimum Gasteiger partial charge on any atom is -0.507 e. The second kappa shape index (κ2) is 16.5. The monoisotopic (exact) mass is 813 g/mol. The lowest BCUT2D eigenvalue weighted by Crippen LogP contribution is -2.58. The van der Waals surface area contributed by atoms with Crippen molar-refractivity contribution in [3.05, 3.63) is 57.6 Å². The topological polar surface area (TPSA) is 220 Å². The predicted octanol–water partition coefficient (Wildman–Crippen LogP) is 2.95. The number of phenols is 2. The average molecular weight is 814 g/mol. The first kappa shape index (κ1) is 42.6. The molecule has 7 rings (SSSR count). The predicted molar refractivity (Wildman–Crippen MR) is 202 cm³/mol.